The van der Waals surface area contributed by atoms with Gasteiger partial charge in [0.2, 0.25) is 0 Å². The molecule has 0 aromatic carbocycles. The van der Waals surface area contributed by atoms with Crippen molar-refractivity contribution in [3.05, 3.63) is 0 Å². The Morgan fingerprint density at radius 3 is 2.50 bits per heavy atom. The van der Waals surface area contributed by atoms with Gasteiger partial charge in [0.15, 0.2) is 0 Å². The Kier molecular flexibility index (Phi) is 5.88. The maximum Gasteiger partial charge on any atom is 0.317 e. The molecule has 18 heavy (non-hydrogen) atoms. The van der Waals surface area contributed by atoms with Gasteiger partial charge in [0.25, 0.3) is 0 Å². The van der Waals surface area contributed by atoms with Crippen molar-refractivity contribution in [1.82, 2.24) is 15.1 Å². The first-order chi connectivity index (χ1) is 8.38. The number of amides is 2. The van der Waals surface area contributed by atoms with E-state index in [0.29, 0.717) is 6.54 Å². The van der Waals surface area contributed by atoms with E-state index in [1.54, 1.807) is 4.90 Å². The molecule has 5 heteroatoms. The summed E-state index contributed by atoms with van der Waals surface area (Å²) in [5, 5.41) is 2.95. The molecule has 0 aliphatic carbocycles. The molecule has 1 rings (SSSR count). The zero-order valence-electron chi connectivity index (χ0n) is 12.2. The fourth-order valence-electron chi connectivity index (χ4n) is 1.69. The van der Waals surface area contributed by atoms with Gasteiger partial charge in [-0.25, -0.2) is 4.79 Å². The van der Waals surface area contributed by atoms with E-state index < -0.39 is 0 Å². The van der Waals surface area contributed by atoms with E-state index in [1.807, 2.05) is 7.05 Å². The number of hydrogen-bond acceptors (Lipinski definition) is 3. The van der Waals surface area contributed by atoms with Gasteiger partial charge in [-0.2, -0.15) is 0 Å². The van der Waals surface area contributed by atoms with Crippen molar-refractivity contribution in [3.8, 4) is 0 Å². The number of nitrogens with one attached hydrogen (secondary N) is 1. The summed E-state index contributed by atoms with van der Waals surface area (Å²) in [6.07, 6.45) is 0. The molecule has 1 aliphatic rings. The van der Waals surface area contributed by atoms with Crippen molar-refractivity contribution in [1.29, 1.82) is 0 Å². The minimum Gasteiger partial charge on any atom is -0.379 e. The second-order valence-corrected chi connectivity index (χ2v) is 6.09. The molecular formula is C13H27N3O2. The Morgan fingerprint density at radius 1 is 1.33 bits per heavy atom. The highest BCUT2D eigenvalue weighted by atomic mass is 16.5. The molecule has 106 valence electrons. The lowest BCUT2D eigenvalue weighted by molar-refractivity contribution is 0.0357. The first-order valence-corrected chi connectivity index (χ1v) is 6.67. The van der Waals surface area contributed by atoms with E-state index in [2.05, 4.69) is 31.0 Å². The van der Waals surface area contributed by atoms with Gasteiger partial charge in [-0.15, -0.1) is 0 Å². The van der Waals surface area contributed by atoms with Crippen molar-refractivity contribution < 1.29 is 9.53 Å². The maximum absolute atomic E-state index is 11.8. The summed E-state index contributed by atoms with van der Waals surface area (Å²) in [5.74, 6) is 0. The highest BCUT2D eigenvalue weighted by Crippen LogP contribution is 2.10. The molecule has 0 atom stereocenters. The molecule has 1 aliphatic heterocycles. The number of nitrogens with zero attached hydrogens (tertiary/aromatic N) is 2. The maximum atomic E-state index is 11.8. The van der Waals surface area contributed by atoms with Gasteiger partial charge in [0.1, 0.15) is 0 Å². The first-order valence-electron chi connectivity index (χ1n) is 6.67. The van der Waals surface area contributed by atoms with E-state index in [-0.39, 0.29) is 11.4 Å². The number of morpholine rings is 1. The Labute approximate surface area is 110 Å². The largest absolute Gasteiger partial charge is 0.379 e. The SMILES string of the molecule is CN(CCN1CCOCC1)C(=O)NCC(C)(C)C. The van der Waals surface area contributed by atoms with Crippen molar-refractivity contribution in [2.45, 2.75) is 20.8 Å². The molecule has 0 aromatic heterocycles. The molecule has 0 spiro atoms. The summed E-state index contributed by atoms with van der Waals surface area (Å²) in [4.78, 5) is 15.9. The van der Waals surface area contributed by atoms with E-state index in [1.165, 1.54) is 0 Å². The number of ether oxygens (including phenoxy) is 1. The van der Waals surface area contributed by atoms with Crippen molar-refractivity contribution in [3.63, 3.8) is 0 Å². The van der Waals surface area contributed by atoms with Crippen LogP contribution in [0.2, 0.25) is 0 Å². The quantitative estimate of drug-likeness (QED) is 0.817. The summed E-state index contributed by atoms with van der Waals surface area (Å²) in [5.41, 5.74) is 0.126. The average molecular weight is 257 g/mol. The van der Waals surface area contributed by atoms with Crippen LogP contribution in [0.25, 0.3) is 0 Å². The lowest BCUT2D eigenvalue weighted by Gasteiger charge is -2.29. The molecule has 1 fully saturated rings. The van der Waals surface area contributed by atoms with Crippen LogP contribution < -0.4 is 5.32 Å². The van der Waals surface area contributed by atoms with Gasteiger partial charge < -0.3 is 15.0 Å². The van der Waals surface area contributed by atoms with Crippen molar-refractivity contribution in [2.75, 3.05) is 53.0 Å². The van der Waals surface area contributed by atoms with Crippen LogP contribution in [-0.4, -0.2) is 68.8 Å². The summed E-state index contributed by atoms with van der Waals surface area (Å²) in [6.45, 7) is 12.3. The van der Waals surface area contributed by atoms with Gasteiger partial charge in [-0.05, 0) is 5.41 Å². The van der Waals surface area contributed by atoms with Crippen LogP contribution >= 0.6 is 0 Å². The summed E-state index contributed by atoms with van der Waals surface area (Å²) in [7, 11) is 1.85. The minimum absolute atomic E-state index is 0.0122. The minimum atomic E-state index is 0.0122. The zero-order valence-corrected chi connectivity index (χ0v) is 12.2. The fraction of sp³-hybridized carbons (Fsp3) is 0.923. The van der Waals surface area contributed by atoms with Gasteiger partial charge >= 0.3 is 6.03 Å². The molecule has 0 aromatic rings. The van der Waals surface area contributed by atoms with Crippen molar-refractivity contribution >= 4 is 6.03 Å². The van der Waals surface area contributed by atoms with Crippen LogP contribution in [0.3, 0.4) is 0 Å². The number of hydrogen-bond donors (Lipinski definition) is 1. The predicted molar refractivity (Wildman–Crippen MR) is 72.7 cm³/mol. The molecule has 0 saturated carbocycles. The topological polar surface area (TPSA) is 44.8 Å². The molecule has 1 heterocycles. The Bertz CT molecular complexity index is 257. The van der Waals surface area contributed by atoms with Gasteiger partial charge in [0, 0.05) is 39.8 Å². The molecule has 5 nitrogen and oxygen atoms in total. The second kappa shape index (κ2) is 6.95. The average Bonchev–Trinajstić information content (AvgIpc) is 2.33. The van der Waals surface area contributed by atoms with Crippen LogP contribution in [0.15, 0.2) is 0 Å². The molecular weight excluding hydrogens is 230 g/mol. The van der Waals surface area contributed by atoms with Crippen molar-refractivity contribution in [2.24, 2.45) is 5.41 Å². The lowest BCUT2D eigenvalue weighted by atomic mass is 9.97. The van der Waals surface area contributed by atoms with Gasteiger partial charge in [-0.3, -0.25) is 4.90 Å². The molecule has 1 saturated heterocycles. The standard InChI is InChI=1S/C13H27N3O2/c1-13(2,3)11-14-12(17)15(4)5-6-16-7-9-18-10-8-16/h5-11H2,1-4H3,(H,14,17). The predicted octanol–water partition coefficient (Wildman–Crippen LogP) is 1.01. The third kappa shape index (κ3) is 6.21. The third-order valence-electron chi connectivity index (χ3n) is 2.97. The van der Waals surface area contributed by atoms with Crippen LogP contribution in [0.4, 0.5) is 4.79 Å². The van der Waals surface area contributed by atoms with E-state index in [4.69, 9.17) is 4.74 Å². The lowest BCUT2D eigenvalue weighted by Crippen LogP contribution is -2.45. The normalized spacial score (nSPS) is 17.6. The Morgan fingerprint density at radius 2 is 1.94 bits per heavy atom. The van der Waals surface area contributed by atoms with Crippen LogP contribution in [0.5, 0.6) is 0 Å². The summed E-state index contributed by atoms with van der Waals surface area (Å²) < 4.78 is 5.30. The van der Waals surface area contributed by atoms with Gasteiger partial charge in [-0.1, -0.05) is 20.8 Å². The van der Waals surface area contributed by atoms with E-state index in [0.717, 1.165) is 39.4 Å². The second-order valence-electron chi connectivity index (χ2n) is 6.09. The number of likely N-dealkylation sites (N-methyl/N-ethyl adjacent to an activating group) is 1. The molecule has 1 N–H and O–H groups in total. The van der Waals surface area contributed by atoms with Crippen LogP contribution in [0.1, 0.15) is 20.8 Å². The first kappa shape index (κ1) is 15.2. The van der Waals surface area contributed by atoms with Gasteiger partial charge in [0.05, 0.1) is 13.2 Å². The molecule has 2 amide bonds. The number of carbonyl (C=O) groups is 1. The van der Waals surface area contributed by atoms with E-state index >= 15 is 0 Å². The molecule has 0 unspecified atom stereocenters. The summed E-state index contributed by atoms with van der Waals surface area (Å²) in [6, 6.07) is 0.0122. The Hall–Kier alpha value is -0.810. The highest BCUT2D eigenvalue weighted by molar-refractivity contribution is 5.73. The fourth-order valence-corrected chi connectivity index (χ4v) is 1.69. The van der Waals surface area contributed by atoms with E-state index in [9.17, 15) is 4.79 Å². The third-order valence-corrected chi connectivity index (χ3v) is 2.97. The number of rotatable bonds is 4. The number of carbonyl (C=O) groups excluding carboxylic acids is 1. The van der Waals surface area contributed by atoms with Crippen LogP contribution in [-0.2, 0) is 4.74 Å². The Balaban J connectivity index is 2.18. The smallest absolute Gasteiger partial charge is 0.317 e. The zero-order chi connectivity index (χ0) is 13.6. The monoisotopic (exact) mass is 257 g/mol. The molecule has 0 bridgehead atoms. The number of urea groups is 1. The molecule has 0 radical (unpaired) electrons. The highest BCUT2D eigenvalue weighted by Gasteiger charge is 2.16. The summed E-state index contributed by atoms with van der Waals surface area (Å²) >= 11 is 0. The van der Waals surface area contributed by atoms with Crippen LogP contribution in [0, 0.1) is 5.41 Å².